The zero-order valence-electron chi connectivity index (χ0n) is 9.50. The molecule has 0 fully saturated rings. The summed E-state index contributed by atoms with van der Waals surface area (Å²) in [5, 5.41) is 4.70. The fraction of sp³-hybridized carbons (Fsp3) is 0.385. The molecule has 1 heterocycles. The predicted octanol–water partition coefficient (Wildman–Crippen LogP) is 3.36. The lowest BCUT2D eigenvalue weighted by Gasteiger charge is -2.06. The highest BCUT2D eigenvalue weighted by Gasteiger charge is 2.06. The molecule has 2 aromatic rings. The number of rotatable bonds is 3. The molecule has 0 aliphatic heterocycles. The molecule has 1 aromatic carbocycles. The van der Waals surface area contributed by atoms with Crippen molar-refractivity contribution in [2.24, 2.45) is 0 Å². The van der Waals surface area contributed by atoms with Gasteiger partial charge in [0.1, 0.15) is 0 Å². The Kier molecular flexibility index (Phi) is 3.08. The number of thiophene rings is 1. The Morgan fingerprint density at radius 1 is 1.40 bits per heavy atom. The lowest BCUT2D eigenvalue weighted by molar-refractivity contribution is 0.613. The second-order valence-electron chi connectivity index (χ2n) is 4.09. The van der Waals surface area contributed by atoms with Crippen LogP contribution in [0.4, 0.5) is 0 Å². The summed E-state index contributed by atoms with van der Waals surface area (Å²) >= 11 is 1.92. The van der Waals surface area contributed by atoms with E-state index in [1.807, 2.05) is 18.4 Å². The van der Waals surface area contributed by atoms with Crippen molar-refractivity contribution in [3.05, 3.63) is 34.7 Å². The van der Waals surface area contributed by atoms with E-state index in [1.54, 1.807) is 0 Å². The highest BCUT2D eigenvalue weighted by atomic mass is 32.1. The Morgan fingerprint density at radius 2 is 2.20 bits per heavy atom. The van der Waals surface area contributed by atoms with Gasteiger partial charge in [-0.2, -0.15) is 0 Å². The summed E-state index contributed by atoms with van der Waals surface area (Å²) in [5.41, 5.74) is 1.38. The highest BCUT2D eigenvalue weighted by Crippen LogP contribution is 2.28. The molecule has 1 nitrogen and oxygen atoms in total. The maximum Gasteiger partial charge on any atom is 0.0348 e. The van der Waals surface area contributed by atoms with E-state index in [-0.39, 0.29) is 0 Å². The minimum atomic E-state index is 0.554. The number of fused-ring (bicyclic) bond motifs is 1. The van der Waals surface area contributed by atoms with Gasteiger partial charge < -0.3 is 5.32 Å². The van der Waals surface area contributed by atoms with E-state index in [4.69, 9.17) is 0 Å². The van der Waals surface area contributed by atoms with Crippen LogP contribution in [0.25, 0.3) is 10.1 Å². The quantitative estimate of drug-likeness (QED) is 0.834. The highest BCUT2D eigenvalue weighted by molar-refractivity contribution is 7.19. The Labute approximate surface area is 95.1 Å². The number of benzene rings is 1. The van der Waals surface area contributed by atoms with Gasteiger partial charge in [-0.3, -0.25) is 0 Å². The van der Waals surface area contributed by atoms with Crippen molar-refractivity contribution in [2.75, 3.05) is 7.05 Å². The maximum atomic E-state index is 3.28. The molecule has 2 rings (SSSR count). The molecule has 0 amide bonds. The second kappa shape index (κ2) is 4.33. The first-order valence-electron chi connectivity index (χ1n) is 5.36. The van der Waals surface area contributed by atoms with Gasteiger partial charge in [0.2, 0.25) is 0 Å². The van der Waals surface area contributed by atoms with Crippen LogP contribution in [-0.4, -0.2) is 13.1 Å². The third kappa shape index (κ3) is 2.21. The molecule has 1 atom stereocenters. The molecule has 0 saturated heterocycles. The first-order chi connectivity index (χ1) is 7.20. The molecule has 0 spiro atoms. The Bertz CT molecular complexity index is 459. The minimum absolute atomic E-state index is 0.554. The monoisotopic (exact) mass is 219 g/mol. The SMILES string of the molecule is CNC(C)Cc1cc2c(C)cccc2s1. The Morgan fingerprint density at radius 3 is 2.87 bits per heavy atom. The molecular formula is C13H17NS. The van der Waals surface area contributed by atoms with Crippen LogP contribution in [-0.2, 0) is 6.42 Å². The van der Waals surface area contributed by atoms with Gasteiger partial charge in [-0.15, -0.1) is 11.3 Å². The average Bonchev–Trinajstić information content (AvgIpc) is 2.62. The van der Waals surface area contributed by atoms with E-state index in [9.17, 15) is 0 Å². The minimum Gasteiger partial charge on any atom is -0.317 e. The van der Waals surface area contributed by atoms with Gasteiger partial charge in [-0.05, 0) is 50.4 Å². The molecule has 0 aliphatic rings. The molecule has 1 aromatic heterocycles. The third-order valence-electron chi connectivity index (χ3n) is 2.83. The van der Waals surface area contributed by atoms with Crippen LogP contribution < -0.4 is 5.32 Å². The van der Waals surface area contributed by atoms with E-state index in [1.165, 1.54) is 20.5 Å². The van der Waals surface area contributed by atoms with Crippen LogP contribution in [0.3, 0.4) is 0 Å². The summed E-state index contributed by atoms with van der Waals surface area (Å²) in [6.07, 6.45) is 1.12. The molecule has 1 N–H and O–H groups in total. The number of nitrogens with one attached hydrogen (secondary N) is 1. The number of likely N-dealkylation sites (N-methyl/N-ethyl adjacent to an activating group) is 1. The fourth-order valence-corrected chi connectivity index (χ4v) is 3.03. The molecule has 2 heteroatoms. The van der Waals surface area contributed by atoms with E-state index in [0.29, 0.717) is 6.04 Å². The number of hydrogen-bond acceptors (Lipinski definition) is 2. The zero-order valence-corrected chi connectivity index (χ0v) is 10.3. The van der Waals surface area contributed by atoms with Crippen LogP contribution in [0.15, 0.2) is 24.3 Å². The van der Waals surface area contributed by atoms with Gasteiger partial charge >= 0.3 is 0 Å². The summed E-state index contributed by atoms with van der Waals surface area (Å²) in [7, 11) is 2.02. The molecular weight excluding hydrogens is 202 g/mol. The lowest BCUT2D eigenvalue weighted by atomic mass is 10.1. The van der Waals surface area contributed by atoms with Gasteiger partial charge in [0.25, 0.3) is 0 Å². The van der Waals surface area contributed by atoms with Crippen molar-refractivity contribution in [1.29, 1.82) is 0 Å². The summed E-state index contributed by atoms with van der Waals surface area (Å²) < 4.78 is 1.41. The maximum absolute atomic E-state index is 3.28. The van der Waals surface area contributed by atoms with Gasteiger partial charge in [0.15, 0.2) is 0 Å². The van der Waals surface area contributed by atoms with Crippen LogP contribution in [0.2, 0.25) is 0 Å². The molecule has 0 radical (unpaired) electrons. The molecule has 0 saturated carbocycles. The predicted molar refractivity (Wildman–Crippen MR) is 68.8 cm³/mol. The number of hydrogen-bond donors (Lipinski definition) is 1. The van der Waals surface area contributed by atoms with Crippen molar-refractivity contribution < 1.29 is 0 Å². The van der Waals surface area contributed by atoms with Crippen LogP contribution in [0, 0.1) is 6.92 Å². The van der Waals surface area contributed by atoms with Crippen molar-refractivity contribution >= 4 is 21.4 Å². The normalized spacial score (nSPS) is 13.3. The second-order valence-corrected chi connectivity index (χ2v) is 5.26. The zero-order chi connectivity index (χ0) is 10.8. The number of aryl methyl sites for hydroxylation is 1. The first kappa shape index (κ1) is 10.7. The first-order valence-corrected chi connectivity index (χ1v) is 6.17. The van der Waals surface area contributed by atoms with Crippen molar-refractivity contribution in [3.63, 3.8) is 0 Å². The van der Waals surface area contributed by atoms with Gasteiger partial charge in [0.05, 0.1) is 0 Å². The van der Waals surface area contributed by atoms with Crippen molar-refractivity contribution in [3.8, 4) is 0 Å². The topological polar surface area (TPSA) is 12.0 Å². The van der Waals surface area contributed by atoms with Gasteiger partial charge in [0, 0.05) is 15.6 Å². The summed E-state index contributed by atoms with van der Waals surface area (Å²) in [6.45, 7) is 4.40. The summed E-state index contributed by atoms with van der Waals surface area (Å²) in [5.74, 6) is 0. The van der Waals surface area contributed by atoms with E-state index < -0.39 is 0 Å². The Hall–Kier alpha value is -0.860. The molecule has 80 valence electrons. The van der Waals surface area contributed by atoms with Crippen molar-refractivity contribution in [2.45, 2.75) is 26.3 Å². The van der Waals surface area contributed by atoms with E-state index in [0.717, 1.165) is 6.42 Å². The molecule has 0 aliphatic carbocycles. The largest absolute Gasteiger partial charge is 0.317 e. The van der Waals surface area contributed by atoms with Crippen LogP contribution in [0.1, 0.15) is 17.4 Å². The average molecular weight is 219 g/mol. The molecule has 15 heavy (non-hydrogen) atoms. The summed E-state index contributed by atoms with van der Waals surface area (Å²) in [6, 6.07) is 9.42. The molecule has 1 unspecified atom stereocenters. The third-order valence-corrected chi connectivity index (χ3v) is 3.95. The standard InChI is InChI=1S/C13H17NS/c1-9-5-4-6-13-12(9)8-11(15-13)7-10(2)14-3/h4-6,8,10,14H,7H2,1-3H3. The molecule has 0 bridgehead atoms. The van der Waals surface area contributed by atoms with Crippen LogP contribution >= 0.6 is 11.3 Å². The smallest absolute Gasteiger partial charge is 0.0348 e. The Balaban J connectivity index is 2.35. The van der Waals surface area contributed by atoms with Crippen molar-refractivity contribution in [1.82, 2.24) is 5.32 Å². The fourth-order valence-electron chi connectivity index (χ4n) is 1.76. The van der Waals surface area contributed by atoms with Gasteiger partial charge in [-0.25, -0.2) is 0 Å². The van der Waals surface area contributed by atoms with Crippen LogP contribution in [0.5, 0.6) is 0 Å². The lowest BCUT2D eigenvalue weighted by Crippen LogP contribution is -2.22. The van der Waals surface area contributed by atoms with Gasteiger partial charge in [-0.1, -0.05) is 12.1 Å². The summed E-state index contributed by atoms with van der Waals surface area (Å²) in [4.78, 5) is 1.47. The van der Waals surface area contributed by atoms with E-state index >= 15 is 0 Å². The van der Waals surface area contributed by atoms with E-state index in [2.05, 4.69) is 43.4 Å².